The number of aliphatic carboxylic acids is 1. The van der Waals surface area contributed by atoms with Gasteiger partial charge >= 0.3 is 5.97 Å². The standard InChI is InChI=1S/C28H33N3O9S/c1-19-26(27(33)31(29(19)2)21-7-5-4-6-8-21)20-17-24(28(34)35)40-25(18-20)39-16-14-30(13-15-32)41(36,37)23-11-9-22(38-3)10-12-23/h4-12,17,20,25,32H,13-16,18H2,1-3H3,(H,34,35)/t20-,25+/m0/s1. The Balaban J connectivity index is 1.53. The molecule has 0 aliphatic carbocycles. The number of nitrogens with zero attached hydrogens (tertiary/aromatic N) is 3. The molecule has 12 nitrogen and oxygen atoms in total. The maximum Gasteiger partial charge on any atom is 0.370 e. The lowest BCUT2D eigenvalue weighted by atomic mass is 9.93. The van der Waals surface area contributed by atoms with Gasteiger partial charge in [0.1, 0.15) is 5.75 Å². The fourth-order valence-electron chi connectivity index (χ4n) is 4.77. The predicted molar refractivity (Wildman–Crippen MR) is 148 cm³/mol. The van der Waals surface area contributed by atoms with Crippen LogP contribution in [0.2, 0.25) is 0 Å². The van der Waals surface area contributed by atoms with Crippen molar-refractivity contribution in [2.75, 3.05) is 33.4 Å². The number of carboxylic acids is 1. The van der Waals surface area contributed by atoms with E-state index in [-0.39, 0.29) is 42.3 Å². The molecule has 1 aliphatic heterocycles. The maximum atomic E-state index is 13.5. The summed E-state index contributed by atoms with van der Waals surface area (Å²) in [5.74, 6) is -1.81. The number of methoxy groups -OCH3 is 1. The summed E-state index contributed by atoms with van der Waals surface area (Å²) in [4.78, 5) is 25.4. The van der Waals surface area contributed by atoms with Gasteiger partial charge in [0.15, 0.2) is 0 Å². The number of hydrogen-bond donors (Lipinski definition) is 2. The van der Waals surface area contributed by atoms with E-state index < -0.39 is 34.8 Å². The zero-order valence-corrected chi connectivity index (χ0v) is 23.8. The molecule has 220 valence electrons. The highest BCUT2D eigenvalue weighted by atomic mass is 32.2. The Morgan fingerprint density at radius 1 is 1.12 bits per heavy atom. The average Bonchev–Trinajstić information content (AvgIpc) is 3.19. The zero-order chi connectivity index (χ0) is 29.7. The molecule has 0 radical (unpaired) electrons. The van der Waals surface area contributed by atoms with Crippen molar-refractivity contribution in [3.8, 4) is 11.4 Å². The van der Waals surface area contributed by atoms with Crippen molar-refractivity contribution in [1.29, 1.82) is 0 Å². The van der Waals surface area contributed by atoms with Gasteiger partial charge in [-0.05, 0) is 49.4 Å². The van der Waals surface area contributed by atoms with Crippen LogP contribution in [0.5, 0.6) is 5.75 Å². The van der Waals surface area contributed by atoms with E-state index in [1.54, 1.807) is 30.8 Å². The molecule has 2 atom stereocenters. The number of rotatable bonds is 12. The minimum Gasteiger partial charge on any atom is -0.497 e. The highest BCUT2D eigenvalue weighted by Gasteiger charge is 2.33. The number of carbonyl (C=O) groups is 1. The van der Waals surface area contributed by atoms with Gasteiger partial charge in [-0.3, -0.25) is 9.48 Å². The van der Waals surface area contributed by atoms with Gasteiger partial charge in [0.2, 0.25) is 22.1 Å². The molecule has 0 saturated carbocycles. The van der Waals surface area contributed by atoms with Gasteiger partial charge in [-0.1, -0.05) is 18.2 Å². The normalized spacial score (nSPS) is 17.2. The number of ether oxygens (including phenoxy) is 3. The van der Waals surface area contributed by atoms with Crippen LogP contribution in [0.15, 0.2) is 76.1 Å². The minimum atomic E-state index is -3.96. The third kappa shape index (κ3) is 6.38. The SMILES string of the molecule is COc1ccc(S(=O)(=O)N(CCO)CCO[C@H]2C[C@@H](c3c(C)n(C)n(-c4ccccc4)c3=O)C=C(C(=O)O)O2)cc1. The van der Waals surface area contributed by atoms with Crippen LogP contribution in [0, 0.1) is 6.92 Å². The van der Waals surface area contributed by atoms with Crippen molar-refractivity contribution in [2.45, 2.75) is 30.4 Å². The van der Waals surface area contributed by atoms with E-state index in [1.807, 2.05) is 18.2 Å². The highest BCUT2D eigenvalue weighted by Crippen LogP contribution is 2.32. The van der Waals surface area contributed by atoms with Crippen LogP contribution in [0.4, 0.5) is 0 Å². The Morgan fingerprint density at radius 3 is 2.41 bits per heavy atom. The predicted octanol–water partition coefficient (Wildman–Crippen LogP) is 1.99. The lowest BCUT2D eigenvalue weighted by Gasteiger charge is -2.29. The number of aliphatic hydroxyl groups is 1. The molecule has 0 saturated heterocycles. The van der Waals surface area contributed by atoms with Gasteiger partial charge < -0.3 is 24.4 Å². The summed E-state index contributed by atoms with van der Waals surface area (Å²) < 4.78 is 47.1. The third-order valence-corrected chi connectivity index (χ3v) is 8.84. The molecule has 0 fully saturated rings. The highest BCUT2D eigenvalue weighted by molar-refractivity contribution is 7.89. The van der Waals surface area contributed by atoms with Crippen molar-refractivity contribution < 1.29 is 37.6 Å². The Morgan fingerprint density at radius 2 is 1.80 bits per heavy atom. The van der Waals surface area contributed by atoms with E-state index in [0.29, 0.717) is 22.7 Å². The molecule has 2 aromatic carbocycles. The van der Waals surface area contributed by atoms with Crippen molar-refractivity contribution >= 4 is 16.0 Å². The van der Waals surface area contributed by atoms with Gasteiger partial charge in [-0.25, -0.2) is 17.9 Å². The molecular formula is C28H33N3O9S. The minimum absolute atomic E-state index is 0.0195. The van der Waals surface area contributed by atoms with Crippen molar-refractivity contribution in [3.05, 3.63) is 88.0 Å². The van der Waals surface area contributed by atoms with Crippen LogP contribution in [-0.2, 0) is 31.3 Å². The van der Waals surface area contributed by atoms with Crippen LogP contribution < -0.4 is 10.3 Å². The van der Waals surface area contributed by atoms with Crippen molar-refractivity contribution in [1.82, 2.24) is 13.7 Å². The van der Waals surface area contributed by atoms with Crippen LogP contribution in [0.3, 0.4) is 0 Å². The van der Waals surface area contributed by atoms with Gasteiger partial charge in [0.25, 0.3) is 5.56 Å². The first-order chi connectivity index (χ1) is 19.6. The lowest BCUT2D eigenvalue weighted by Crippen LogP contribution is -2.37. The van der Waals surface area contributed by atoms with Crippen molar-refractivity contribution in [3.63, 3.8) is 0 Å². The number of para-hydroxylation sites is 1. The molecular weight excluding hydrogens is 554 g/mol. The molecule has 0 bridgehead atoms. The average molecular weight is 588 g/mol. The monoisotopic (exact) mass is 587 g/mol. The largest absolute Gasteiger partial charge is 0.497 e. The first-order valence-corrected chi connectivity index (χ1v) is 14.3. The van der Waals surface area contributed by atoms with E-state index in [0.717, 1.165) is 4.31 Å². The second-order valence-corrected chi connectivity index (χ2v) is 11.3. The third-order valence-electron chi connectivity index (χ3n) is 6.93. The summed E-state index contributed by atoms with van der Waals surface area (Å²) in [7, 11) is -0.741. The zero-order valence-electron chi connectivity index (χ0n) is 23.0. The summed E-state index contributed by atoms with van der Waals surface area (Å²) in [6, 6.07) is 14.9. The Kier molecular flexibility index (Phi) is 9.33. The summed E-state index contributed by atoms with van der Waals surface area (Å²) >= 11 is 0. The number of allylic oxidation sites excluding steroid dienone is 1. The van der Waals surface area contributed by atoms with E-state index in [9.17, 15) is 28.2 Å². The number of sulfonamides is 1. The first-order valence-electron chi connectivity index (χ1n) is 12.9. The van der Waals surface area contributed by atoms with Crippen LogP contribution in [0.1, 0.15) is 23.6 Å². The molecule has 13 heteroatoms. The quantitative estimate of drug-likeness (QED) is 0.324. The van der Waals surface area contributed by atoms with E-state index in [4.69, 9.17) is 14.2 Å². The number of carboxylic acid groups (broad SMARTS) is 1. The molecule has 4 rings (SSSR count). The number of aliphatic hydroxyl groups excluding tert-OH is 1. The van der Waals surface area contributed by atoms with E-state index >= 15 is 0 Å². The number of aromatic nitrogens is 2. The summed E-state index contributed by atoms with van der Waals surface area (Å²) in [6.07, 6.45) is 0.476. The number of hydrogen-bond acceptors (Lipinski definition) is 8. The Labute approximate surface area is 237 Å². The van der Waals surface area contributed by atoms with Gasteiger partial charge in [-0.15, -0.1) is 0 Å². The molecule has 0 amide bonds. The fraction of sp³-hybridized carbons (Fsp3) is 0.357. The van der Waals surface area contributed by atoms with Crippen LogP contribution in [0.25, 0.3) is 5.69 Å². The molecule has 1 aliphatic rings. The van der Waals surface area contributed by atoms with E-state index in [2.05, 4.69) is 0 Å². The second kappa shape index (κ2) is 12.7. The lowest BCUT2D eigenvalue weighted by molar-refractivity contribution is -0.157. The maximum absolute atomic E-state index is 13.5. The second-order valence-electron chi connectivity index (χ2n) is 9.37. The van der Waals surface area contributed by atoms with Crippen LogP contribution >= 0.6 is 0 Å². The fourth-order valence-corrected chi connectivity index (χ4v) is 6.19. The molecule has 2 N–H and O–H groups in total. The van der Waals surface area contributed by atoms with Gasteiger partial charge in [0, 0.05) is 43.7 Å². The summed E-state index contributed by atoms with van der Waals surface area (Å²) in [5.41, 5.74) is 1.45. The Bertz CT molecular complexity index is 1560. The summed E-state index contributed by atoms with van der Waals surface area (Å²) in [6.45, 7) is 0.920. The van der Waals surface area contributed by atoms with E-state index in [1.165, 1.54) is 42.1 Å². The van der Waals surface area contributed by atoms with Gasteiger partial charge in [0.05, 0.1) is 30.9 Å². The molecule has 2 heterocycles. The topological polar surface area (TPSA) is 150 Å². The smallest absolute Gasteiger partial charge is 0.370 e. The van der Waals surface area contributed by atoms with Crippen molar-refractivity contribution in [2.24, 2.45) is 7.05 Å². The van der Waals surface area contributed by atoms with Crippen LogP contribution in [-0.4, -0.2) is 78.0 Å². The molecule has 41 heavy (non-hydrogen) atoms. The number of benzene rings is 2. The molecule has 1 aromatic heterocycles. The molecule has 0 spiro atoms. The molecule has 0 unspecified atom stereocenters. The van der Waals surface area contributed by atoms with Gasteiger partial charge in [-0.2, -0.15) is 4.31 Å². The summed E-state index contributed by atoms with van der Waals surface area (Å²) in [5, 5.41) is 19.2. The molecule has 3 aromatic rings. The Hall–Kier alpha value is -3.91. The first kappa shape index (κ1) is 30.1.